The summed E-state index contributed by atoms with van der Waals surface area (Å²) in [5, 5.41) is 2.77. The number of nitrogens with two attached hydrogens (primary N) is 1. The fourth-order valence-corrected chi connectivity index (χ4v) is 2.78. The molecule has 0 aliphatic carbocycles. The summed E-state index contributed by atoms with van der Waals surface area (Å²) in [5.74, 6) is 0.444. The fourth-order valence-electron chi connectivity index (χ4n) is 2.04. The Balaban J connectivity index is 1.77. The number of amides is 1. The van der Waals surface area contributed by atoms with Gasteiger partial charge in [-0.05, 0) is 30.6 Å². The Kier molecular flexibility index (Phi) is 3.93. The van der Waals surface area contributed by atoms with Crippen molar-refractivity contribution in [2.24, 2.45) is 0 Å². The molecule has 1 amide bonds. The van der Waals surface area contributed by atoms with E-state index in [1.165, 1.54) is 0 Å². The van der Waals surface area contributed by atoms with Gasteiger partial charge in [-0.1, -0.05) is 29.8 Å². The number of nitrogens with zero attached hydrogens (tertiary/aromatic N) is 1. The molecule has 0 radical (unpaired) electrons. The smallest absolute Gasteiger partial charge is 0.265 e. The number of rotatable bonds is 4. The Bertz CT molecular complexity index is 776. The van der Waals surface area contributed by atoms with Crippen LogP contribution in [0.1, 0.15) is 21.0 Å². The summed E-state index contributed by atoms with van der Waals surface area (Å²) in [6.07, 6.45) is 1.57. The SMILES string of the molecule is Cc1ccc(-c2nsc(C(=O)NCc3ccco3)c2N)cc1. The molecule has 0 bridgehead atoms. The van der Waals surface area contributed by atoms with Gasteiger partial charge in [0.15, 0.2) is 0 Å². The topological polar surface area (TPSA) is 81.2 Å². The van der Waals surface area contributed by atoms with Gasteiger partial charge in [0, 0.05) is 5.56 Å². The predicted octanol–water partition coefficient (Wildman–Crippen LogP) is 3.22. The highest BCUT2D eigenvalue weighted by atomic mass is 32.1. The molecule has 3 aromatic rings. The number of nitrogens with one attached hydrogen (secondary N) is 1. The van der Waals surface area contributed by atoms with Crippen LogP contribution in [0.2, 0.25) is 0 Å². The zero-order valence-corrected chi connectivity index (χ0v) is 12.8. The number of aryl methyl sites for hydroxylation is 1. The third kappa shape index (κ3) is 2.87. The first-order valence-electron chi connectivity index (χ1n) is 6.78. The number of anilines is 1. The average molecular weight is 313 g/mol. The lowest BCUT2D eigenvalue weighted by molar-refractivity contribution is 0.0953. The van der Waals surface area contributed by atoms with Crippen molar-refractivity contribution in [1.82, 2.24) is 9.69 Å². The van der Waals surface area contributed by atoms with Crippen molar-refractivity contribution >= 4 is 23.1 Å². The van der Waals surface area contributed by atoms with Gasteiger partial charge in [-0.2, -0.15) is 4.37 Å². The van der Waals surface area contributed by atoms with E-state index in [2.05, 4.69) is 9.69 Å². The summed E-state index contributed by atoms with van der Waals surface area (Å²) in [6, 6.07) is 11.5. The van der Waals surface area contributed by atoms with Crippen LogP contribution < -0.4 is 11.1 Å². The minimum Gasteiger partial charge on any atom is -0.467 e. The van der Waals surface area contributed by atoms with E-state index in [0.717, 1.165) is 22.7 Å². The molecule has 5 nitrogen and oxygen atoms in total. The van der Waals surface area contributed by atoms with E-state index in [-0.39, 0.29) is 5.91 Å². The lowest BCUT2D eigenvalue weighted by Crippen LogP contribution is -2.22. The number of aromatic nitrogens is 1. The van der Waals surface area contributed by atoms with Crippen molar-refractivity contribution in [3.8, 4) is 11.3 Å². The Morgan fingerprint density at radius 2 is 2.09 bits per heavy atom. The highest BCUT2D eigenvalue weighted by molar-refractivity contribution is 7.09. The second-order valence-corrected chi connectivity index (χ2v) is 5.68. The third-order valence-corrected chi connectivity index (χ3v) is 4.12. The number of hydrogen-bond acceptors (Lipinski definition) is 5. The number of hydrogen-bond donors (Lipinski definition) is 2. The van der Waals surface area contributed by atoms with Crippen molar-refractivity contribution in [3.05, 3.63) is 58.9 Å². The molecule has 2 heterocycles. The molecule has 0 aliphatic rings. The van der Waals surface area contributed by atoms with Crippen LogP contribution in [0.15, 0.2) is 47.1 Å². The standard InChI is InChI=1S/C16H15N3O2S/c1-10-4-6-11(7-5-10)14-13(17)15(22-19-14)16(20)18-9-12-3-2-8-21-12/h2-8H,9,17H2,1H3,(H,18,20). The van der Waals surface area contributed by atoms with Crippen LogP contribution in [0, 0.1) is 6.92 Å². The summed E-state index contributed by atoms with van der Waals surface area (Å²) >= 11 is 1.10. The lowest BCUT2D eigenvalue weighted by atomic mass is 10.1. The van der Waals surface area contributed by atoms with Crippen LogP contribution >= 0.6 is 11.5 Å². The van der Waals surface area contributed by atoms with E-state index in [0.29, 0.717) is 28.6 Å². The van der Waals surface area contributed by atoms with Crippen LogP contribution in [0.4, 0.5) is 5.69 Å². The van der Waals surface area contributed by atoms with Gasteiger partial charge in [-0.15, -0.1) is 0 Å². The molecule has 0 spiro atoms. The Labute approximate surface area is 131 Å². The first-order chi connectivity index (χ1) is 10.6. The summed E-state index contributed by atoms with van der Waals surface area (Å²) in [6.45, 7) is 2.34. The van der Waals surface area contributed by atoms with Gasteiger partial charge in [0.05, 0.1) is 18.5 Å². The number of carbonyl (C=O) groups excluding carboxylic acids is 1. The molecule has 22 heavy (non-hydrogen) atoms. The van der Waals surface area contributed by atoms with E-state index in [1.807, 2.05) is 31.2 Å². The van der Waals surface area contributed by atoms with Crippen molar-refractivity contribution in [2.45, 2.75) is 13.5 Å². The normalized spacial score (nSPS) is 10.6. The van der Waals surface area contributed by atoms with Gasteiger partial charge in [0.1, 0.15) is 16.3 Å². The molecule has 2 aromatic heterocycles. The first kappa shape index (κ1) is 14.3. The predicted molar refractivity (Wildman–Crippen MR) is 86.6 cm³/mol. The van der Waals surface area contributed by atoms with E-state index in [1.54, 1.807) is 18.4 Å². The third-order valence-electron chi connectivity index (χ3n) is 3.26. The number of carbonyl (C=O) groups is 1. The summed E-state index contributed by atoms with van der Waals surface area (Å²) in [4.78, 5) is 12.6. The molecule has 0 saturated heterocycles. The summed E-state index contributed by atoms with van der Waals surface area (Å²) < 4.78 is 9.49. The number of benzene rings is 1. The molecule has 0 saturated carbocycles. The Morgan fingerprint density at radius 3 is 2.77 bits per heavy atom. The lowest BCUT2D eigenvalue weighted by Gasteiger charge is -2.03. The molecule has 0 fully saturated rings. The van der Waals surface area contributed by atoms with Gasteiger partial charge in [-0.25, -0.2) is 0 Å². The minimum absolute atomic E-state index is 0.246. The first-order valence-corrected chi connectivity index (χ1v) is 7.55. The zero-order chi connectivity index (χ0) is 15.5. The number of furan rings is 1. The van der Waals surface area contributed by atoms with Crippen LogP contribution in [0.5, 0.6) is 0 Å². The molecule has 6 heteroatoms. The van der Waals surface area contributed by atoms with E-state index in [9.17, 15) is 4.79 Å². The number of nitrogen functional groups attached to an aromatic ring is 1. The second kappa shape index (κ2) is 6.03. The second-order valence-electron chi connectivity index (χ2n) is 4.90. The monoisotopic (exact) mass is 313 g/mol. The van der Waals surface area contributed by atoms with Gasteiger partial charge in [-0.3, -0.25) is 4.79 Å². The largest absolute Gasteiger partial charge is 0.467 e. The van der Waals surface area contributed by atoms with Gasteiger partial charge >= 0.3 is 0 Å². The molecule has 0 aliphatic heterocycles. The van der Waals surface area contributed by atoms with E-state index >= 15 is 0 Å². The molecule has 3 N–H and O–H groups in total. The van der Waals surface area contributed by atoms with Crippen molar-refractivity contribution < 1.29 is 9.21 Å². The van der Waals surface area contributed by atoms with Crippen LogP contribution in [0.25, 0.3) is 11.3 Å². The molecule has 112 valence electrons. The maximum Gasteiger partial charge on any atom is 0.265 e. The zero-order valence-electron chi connectivity index (χ0n) is 12.0. The molecular weight excluding hydrogens is 298 g/mol. The molecule has 0 atom stereocenters. The van der Waals surface area contributed by atoms with Crippen LogP contribution in [0.3, 0.4) is 0 Å². The molecule has 0 unspecified atom stereocenters. The van der Waals surface area contributed by atoms with Crippen molar-refractivity contribution in [3.63, 3.8) is 0 Å². The van der Waals surface area contributed by atoms with Crippen LogP contribution in [-0.2, 0) is 6.54 Å². The summed E-state index contributed by atoms with van der Waals surface area (Å²) in [5.41, 5.74) is 9.21. The van der Waals surface area contributed by atoms with Crippen molar-refractivity contribution in [1.29, 1.82) is 0 Å². The minimum atomic E-state index is -0.246. The van der Waals surface area contributed by atoms with Crippen molar-refractivity contribution in [2.75, 3.05) is 5.73 Å². The van der Waals surface area contributed by atoms with E-state index < -0.39 is 0 Å². The Morgan fingerprint density at radius 1 is 1.32 bits per heavy atom. The maximum absolute atomic E-state index is 12.2. The van der Waals surface area contributed by atoms with E-state index in [4.69, 9.17) is 10.2 Å². The maximum atomic E-state index is 12.2. The Hall–Kier alpha value is -2.60. The average Bonchev–Trinajstić information content (AvgIpc) is 3.15. The van der Waals surface area contributed by atoms with Crippen LogP contribution in [-0.4, -0.2) is 10.3 Å². The highest BCUT2D eigenvalue weighted by Crippen LogP contribution is 2.30. The highest BCUT2D eigenvalue weighted by Gasteiger charge is 2.18. The fraction of sp³-hybridized carbons (Fsp3) is 0.125. The summed E-state index contributed by atoms with van der Waals surface area (Å²) in [7, 11) is 0. The van der Waals surface area contributed by atoms with Gasteiger partial charge in [0.25, 0.3) is 5.91 Å². The molecular formula is C16H15N3O2S. The molecule has 1 aromatic carbocycles. The quantitative estimate of drug-likeness (QED) is 0.775. The van der Waals surface area contributed by atoms with Gasteiger partial charge < -0.3 is 15.5 Å². The molecule has 3 rings (SSSR count). The van der Waals surface area contributed by atoms with Gasteiger partial charge in [0.2, 0.25) is 0 Å².